The van der Waals surface area contributed by atoms with Crippen LogP contribution in [0.2, 0.25) is 0 Å². The maximum absolute atomic E-state index is 14.0. The van der Waals surface area contributed by atoms with Gasteiger partial charge in [0.2, 0.25) is 11.8 Å². The fourth-order valence-electron chi connectivity index (χ4n) is 3.09. The van der Waals surface area contributed by atoms with E-state index < -0.39 is 5.82 Å². The van der Waals surface area contributed by atoms with Gasteiger partial charge < -0.3 is 19.4 Å². The van der Waals surface area contributed by atoms with Crippen molar-refractivity contribution in [3.05, 3.63) is 59.7 Å². The molecule has 3 aromatic rings. The van der Waals surface area contributed by atoms with Gasteiger partial charge in [-0.05, 0) is 31.2 Å². The molecule has 4 rings (SSSR count). The molecule has 1 aliphatic rings. The molecule has 2 aromatic carbocycles. The zero-order valence-corrected chi connectivity index (χ0v) is 15.9. The van der Waals surface area contributed by atoms with Gasteiger partial charge in [0.25, 0.3) is 5.91 Å². The number of anilines is 2. The lowest BCUT2D eigenvalue weighted by Crippen LogP contribution is -2.35. The number of rotatable bonds is 4. The predicted molar refractivity (Wildman–Crippen MR) is 104 cm³/mol. The Labute approximate surface area is 166 Å². The molecule has 0 unspecified atom stereocenters. The minimum absolute atomic E-state index is 0.0533. The van der Waals surface area contributed by atoms with Gasteiger partial charge in [0.1, 0.15) is 11.6 Å². The number of oxazole rings is 1. The van der Waals surface area contributed by atoms with E-state index in [9.17, 15) is 14.0 Å². The smallest absolute Gasteiger partial charge is 0.264 e. The lowest BCUT2D eigenvalue weighted by atomic mass is 10.2. The van der Waals surface area contributed by atoms with Gasteiger partial charge in [-0.2, -0.15) is 0 Å². The lowest BCUT2D eigenvalue weighted by molar-refractivity contribution is -0.121. The van der Waals surface area contributed by atoms with Crippen LogP contribution in [-0.2, 0) is 16.0 Å². The molecule has 0 saturated carbocycles. The Hall–Kier alpha value is -3.68. The highest BCUT2D eigenvalue weighted by atomic mass is 19.1. The Balaban J connectivity index is 1.53. The zero-order chi connectivity index (χ0) is 20.5. The van der Waals surface area contributed by atoms with Crippen LogP contribution < -0.4 is 15.0 Å². The topological polar surface area (TPSA) is 84.7 Å². The Bertz CT molecular complexity index is 1110. The summed E-state index contributed by atoms with van der Waals surface area (Å²) in [5, 5.41) is 2.78. The zero-order valence-electron chi connectivity index (χ0n) is 15.9. The van der Waals surface area contributed by atoms with Crippen LogP contribution in [0, 0.1) is 12.7 Å². The fraction of sp³-hybridized carbons (Fsp3) is 0.190. The Morgan fingerprint density at radius 2 is 2.03 bits per heavy atom. The van der Waals surface area contributed by atoms with E-state index in [4.69, 9.17) is 9.15 Å². The summed E-state index contributed by atoms with van der Waals surface area (Å²) in [5.41, 5.74) is 1.69. The quantitative estimate of drug-likeness (QED) is 0.733. The second-order valence-corrected chi connectivity index (χ2v) is 6.62. The molecule has 0 saturated heterocycles. The summed E-state index contributed by atoms with van der Waals surface area (Å²) in [5.74, 6) is 0.0558. The number of para-hydroxylation sites is 1. The van der Waals surface area contributed by atoms with Crippen LogP contribution in [0.1, 0.15) is 11.5 Å². The highest BCUT2D eigenvalue weighted by molar-refractivity contribution is 6.01. The Kier molecular flexibility index (Phi) is 4.75. The number of nitrogens with zero attached hydrogens (tertiary/aromatic N) is 2. The number of benzene rings is 2. The molecule has 0 bridgehead atoms. The lowest BCUT2D eigenvalue weighted by Gasteiger charge is -2.27. The molecule has 7 nitrogen and oxygen atoms in total. The van der Waals surface area contributed by atoms with E-state index in [2.05, 4.69) is 10.3 Å². The molecule has 148 valence electrons. The standard InChI is InChI=1S/C21H18FN3O4/c1-12-16(24-21(29-12)13-6-3-4-7-14(13)22)10-18(26)23-15-8-5-9-17-20(15)28-11-19(27)25(17)2/h3-9H,10-11H2,1-2H3,(H,23,26). The van der Waals surface area contributed by atoms with Crippen LogP contribution in [0.3, 0.4) is 0 Å². The molecular formula is C21H18FN3O4. The highest BCUT2D eigenvalue weighted by Crippen LogP contribution is 2.38. The maximum Gasteiger partial charge on any atom is 0.264 e. The third kappa shape index (κ3) is 3.56. The molecular weight excluding hydrogens is 377 g/mol. The van der Waals surface area contributed by atoms with E-state index in [0.717, 1.165) is 0 Å². The van der Waals surface area contributed by atoms with Crippen LogP contribution >= 0.6 is 0 Å². The summed E-state index contributed by atoms with van der Waals surface area (Å²) in [4.78, 5) is 30.1. The summed E-state index contributed by atoms with van der Waals surface area (Å²) < 4.78 is 25.0. The molecule has 1 aliphatic heterocycles. The highest BCUT2D eigenvalue weighted by Gasteiger charge is 2.25. The third-order valence-electron chi connectivity index (χ3n) is 4.67. The summed E-state index contributed by atoms with van der Waals surface area (Å²) in [7, 11) is 1.65. The van der Waals surface area contributed by atoms with E-state index in [1.54, 1.807) is 50.4 Å². The fourth-order valence-corrected chi connectivity index (χ4v) is 3.09. The van der Waals surface area contributed by atoms with E-state index >= 15 is 0 Å². The van der Waals surface area contributed by atoms with Gasteiger partial charge in [-0.1, -0.05) is 18.2 Å². The first-order valence-corrected chi connectivity index (χ1v) is 8.97. The summed E-state index contributed by atoms with van der Waals surface area (Å²) in [6.07, 6.45) is -0.0533. The van der Waals surface area contributed by atoms with Crippen LogP contribution in [0.25, 0.3) is 11.5 Å². The summed E-state index contributed by atoms with van der Waals surface area (Å²) >= 11 is 0. The number of carbonyl (C=O) groups is 2. The average Bonchev–Trinajstić information content (AvgIpc) is 3.05. The first-order chi connectivity index (χ1) is 13.9. The first-order valence-electron chi connectivity index (χ1n) is 8.97. The van der Waals surface area contributed by atoms with E-state index in [0.29, 0.717) is 28.6 Å². The number of hydrogen-bond donors (Lipinski definition) is 1. The third-order valence-corrected chi connectivity index (χ3v) is 4.67. The second kappa shape index (κ2) is 7.38. The van der Waals surface area contributed by atoms with E-state index in [1.165, 1.54) is 11.0 Å². The number of likely N-dealkylation sites (N-methyl/N-ethyl adjacent to an activating group) is 1. The average molecular weight is 395 g/mol. The number of fused-ring (bicyclic) bond motifs is 1. The molecule has 1 aromatic heterocycles. The van der Waals surface area contributed by atoms with Crippen molar-refractivity contribution >= 4 is 23.2 Å². The monoisotopic (exact) mass is 395 g/mol. The molecule has 2 heterocycles. The number of aromatic nitrogens is 1. The molecule has 29 heavy (non-hydrogen) atoms. The van der Waals surface area contributed by atoms with Crippen molar-refractivity contribution in [3.8, 4) is 17.2 Å². The molecule has 0 radical (unpaired) electrons. The minimum Gasteiger partial charge on any atom is -0.479 e. The Morgan fingerprint density at radius 3 is 2.83 bits per heavy atom. The van der Waals surface area contributed by atoms with Gasteiger partial charge in [0.15, 0.2) is 12.4 Å². The molecule has 0 spiro atoms. The normalized spacial score (nSPS) is 13.1. The number of amides is 2. The van der Waals surface area contributed by atoms with Gasteiger partial charge in [-0.25, -0.2) is 9.37 Å². The van der Waals surface area contributed by atoms with Crippen molar-refractivity contribution in [1.29, 1.82) is 0 Å². The van der Waals surface area contributed by atoms with Gasteiger partial charge in [-0.15, -0.1) is 0 Å². The molecule has 0 fully saturated rings. The van der Waals surface area contributed by atoms with Gasteiger partial charge in [0.05, 0.1) is 29.1 Å². The van der Waals surface area contributed by atoms with Crippen LogP contribution in [-0.4, -0.2) is 30.5 Å². The summed E-state index contributed by atoms with van der Waals surface area (Å²) in [6.45, 7) is 1.58. The molecule has 2 amide bonds. The van der Waals surface area contributed by atoms with Crippen molar-refractivity contribution in [2.75, 3.05) is 23.9 Å². The second-order valence-electron chi connectivity index (χ2n) is 6.62. The number of ether oxygens (including phenoxy) is 1. The summed E-state index contributed by atoms with van der Waals surface area (Å²) in [6, 6.07) is 11.3. The molecule has 1 N–H and O–H groups in total. The molecule has 0 atom stereocenters. The molecule has 0 aliphatic carbocycles. The van der Waals surface area contributed by atoms with Crippen molar-refractivity contribution in [2.24, 2.45) is 0 Å². The van der Waals surface area contributed by atoms with Gasteiger partial charge in [0, 0.05) is 7.05 Å². The van der Waals surface area contributed by atoms with Crippen LogP contribution in [0.5, 0.6) is 5.75 Å². The number of nitrogens with one attached hydrogen (secondary N) is 1. The number of aryl methyl sites for hydroxylation is 1. The van der Waals surface area contributed by atoms with Gasteiger partial charge >= 0.3 is 0 Å². The molecule has 8 heteroatoms. The van der Waals surface area contributed by atoms with Crippen LogP contribution in [0.4, 0.5) is 15.8 Å². The van der Waals surface area contributed by atoms with E-state index in [1.807, 2.05) is 0 Å². The Morgan fingerprint density at radius 1 is 1.24 bits per heavy atom. The number of halogens is 1. The SMILES string of the molecule is Cc1oc(-c2ccccc2F)nc1CC(=O)Nc1cccc2c1OCC(=O)N2C. The largest absolute Gasteiger partial charge is 0.479 e. The van der Waals surface area contributed by atoms with Crippen molar-refractivity contribution in [1.82, 2.24) is 4.98 Å². The van der Waals surface area contributed by atoms with Crippen molar-refractivity contribution in [3.63, 3.8) is 0 Å². The first kappa shape index (κ1) is 18.7. The maximum atomic E-state index is 14.0. The predicted octanol–water partition coefficient (Wildman–Crippen LogP) is 3.33. The van der Waals surface area contributed by atoms with Crippen molar-refractivity contribution in [2.45, 2.75) is 13.3 Å². The number of hydrogen-bond acceptors (Lipinski definition) is 5. The van der Waals surface area contributed by atoms with Gasteiger partial charge in [-0.3, -0.25) is 9.59 Å². The van der Waals surface area contributed by atoms with Crippen molar-refractivity contribution < 1.29 is 23.1 Å². The van der Waals surface area contributed by atoms with Crippen LogP contribution in [0.15, 0.2) is 46.9 Å². The minimum atomic E-state index is -0.448. The number of carbonyl (C=O) groups excluding carboxylic acids is 2. The van der Waals surface area contributed by atoms with E-state index in [-0.39, 0.29) is 36.3 Å².